The van der Waals surface area contributed by atoms with Crippen molar-refractivity contribution < 1.29 is 9.13 Å². The Labute approximate surface area is 99.8 Å². The molecule has 0 saturated heterocycles. The number of hydrogen-bond donors (Lipinski definition) is 3. The Balaban J connectivity index is 2.73. The molecule has 0 radical (unpaired) electrons. The molecule has 1 rings (SSSR count). The molecule has 94 valence electrons. The third-order valence-electron chi connectivity index (χ3n) is 2.08. The molecule has 1 aromatic carbocycles. The number of rotatable bonds is 4. The van der Waals surface area contributed by atoms with Gasteiger partial charge in [-0.15, -0.1) is 0 Å². The maximum atomic E-state index is 13.4. The van der Waals surface area contributed by atoms with Crippen LogP contribution in [0.25, 0.3) is 0 Å². The van der Waals surface area contributed by atoms with Crippen molar-refractivity contribution in [2.24, 2.45) is 10.8 Å². The third-order valence-corrected chi connectivity index (χ3v) is 2.08. The van der Waals surface area contributed by atoms with Crippen LogP contribution in [0, 0.1) is 12.7 Å². The molecule has 4 N–H and O–H groups in total. The first-order valence-corrected chi connectivity index (χ1v) is 5.20. The minimum absolute atomic E-state index is 0.298. The average Bonchev–Trinajstić information content (AvgIpc) is 2.32. The number of anilines is 1. The van der Waals surface area contributed by atoms with Gasteiger partial charge in [0.15, 0.2) is 0 Å². The van der Waals surface area contributed by atoms with Gasteiger partial charge in [0.05, 0.1) is 18.8 Å². The number of aryl methyl sites for hydroxylation is 1. The second kappa shape index (κ2) is 6.82. The Morgan fingerprint density at radius 3 is 2.94 bits per heavy atom. The molecule has 0 heterocycles. The Hall–Kier alpha value is -1.66. The first-order chi connectivity index (χ1) is 8.17. The first-order valence-electron chi connectivity index (χ1n) is 5.20. The van der Waals surface area contributed by atoms with Crippen molar-refractivity contribution in [2.75, 3.05) is 25.6 Å². The number of hydrogen-bond acceptors (Lipinski definition) is 3. The zero-order valence-electron chi connectivity index (χ0n) is 9.96. The molecule has 0 atom stereocenters. The number of nitrogens with two attached hydrogens (primary N) is 1. The highest BCUT2D eigenvalue weighted by Crippen LogP contribution is 2.15. The van der Waals surface area contributed by atoms with Crippen molar-refractivity contribution in [3.8, 4) is 0 Å². The van der Waals surface area contributed by atoms with Crippen LogP contribution in [0.3, 0.4) is 0 Å². The molecule has 0 unspecified atom stereocenters. The highest BCUT2D eigenvalue weighted by Gasteiger charge is 2.04. The van der Waals surface area contributed by atoms with E-state index in [9.17, 15) is 4.39 Å². The van der Waals surface area contributed by atoms with Crippen LogP contribution >= 0.6 is 0 Å². The normalized spacial score (nSPS) is 11.4. The van der Waals surface area contributed by atoms with E-state index in [0.29, 0.717) is 24.8 Å². The summed E-state index contributed by atoms with van der Waals surface area (Å²) in [6.07, 6.45) is 0. The average molecular weight is 240 g/mol. The molecule has 0 aliphatic rings. The summed E-state index contributed by atoms with van der Waals surface area (Å²) in [6.45, 7) is 2.79. The third kappa shape index (κ3) is 4.38. The second-order valence-electron chi connectivity index (χ2n) is 3.48. The molecule has 0 aromatic heterocycles. The van der Waals surface area contributed by atoms with Crippen molar-refractivity contribution in [2.45, 2.75) is 6.92 Å². The number of guanidine groups is 1. The standard InChI is InChI=1S/C11H17FN4O/c1-8-3-4-9(12)10(7-8)15-11(16-13)14-5-6-17-2/h3-4,7H,5-6,13H2,1-2H3,(H2,14,15,16). The Morgan fingerprint density at radius 1 is 1.53 bits per heavy atom. The number of halogens is 1. The molecular weight excluding hydrogens is 223 g/mol. The maximum Gasteiger partial charge on any atom is 0.210 e. The highest BCUT2D eigenvalue weighted by molar-refractivity contribution is 5.93. The number of aliphatic imine (C=N–C) groups is 1. The van der Waals surface area contributed by atoms with E-state index in [2.05, 4.69) is 15.7 Å². The summed E-state index contributed by atoms with van der Waals surface area (Å²) in [4.78, 5) is 4.08. The number of hydrazine groups is 1. The smallest absolute Gasteiger partial charge is 0.210 e. The number of nitrogens with one attached hydrogen (secondary N) is 2. The van der Waals surface area contributed by atoms with E-state index in [-0.39, 0.29) is 5.82 Å². The van der Waals surface area contributed by atoms with Crippen LogP contribution in [0.5, 0.6) is 0 Å². The molecule has 0 bridgehead atoms. The van der Waals surface area contributed by atoms with Gasteiger partial charge in [-0.3, -0.25) is 5.43 Å². The molecule has 6 heteroatoms. The highest BCUT2D eigenvalue weighted by atomic mass is 19.1. The molecule has 0 fully saturated rings. The quantitative estimate of drug-likeness (QED) is 0.241. The van der Waals surface area contributed by atoms with Crippen LogP contribution in [0.4, 0.5) is 10.1 Å². The summed E-state index contributed by atoms with van der Waals surface area (Å²) in [5.74, 6) is 5.23. The Bertz CT molecular complexity index is 395. The van der Waals surface area contributed by atoms with E-state index in [0.717, 1.165) is 5.56 Å². The zero-order valence-corrected chi connectivity index (χ0v) is 9.96. The number of nitrogens with zero attached hydrogens (tertiary/aromatic N) is 1. The fraction of sp³-hybridized carbons (Fsp3) is 0.364. The lowest BCUT2D eigenvalue weighted by Gasteiger charge is -2.10. The van der Waals surface area contributed by atoms with E-state index in [1.165, 1.54) is 6.07 Å². The van der Waals surface area contributed by atoms with Crippen molar-refractivity contribution in [1.82, 2.24) is 5.43 Å². The minimum Gasteiger partial charge on any atom is -0.383 e. The summed E-state index contributed by atoms with van der Waals surface area (Å²) in [5.41, 5.74) is 3.65. The number of methoxy groups -OCH3 is 1. The molecule has 17 heavy (non-hydrogen) atoms. The van der Waals surface area contributed by atoms with E-state index >= 15 is 0 Å². The zero-order chi connectivity index (χ0) is 12.7. The number of ether oxygens (including phenoxy) is 1. The van der Waals surface area contributed by atoms with Crippen molar-refractivity contribution in [1.29, 1.82) is 0 Å². The van der Waals surface area contributed by atoms with E-state index < -0.39 is 0 Å². The van der Waals surface area contributed by atoms with Gasteiger partial charge in [0.2, 0.25) is 5.96 Å². The SMILES string of the molecule is COCCN=C(NN)Nc1cc(C)ccc1F. The minimum atomic E-state index is -0.356. The van der Waals surface area contributed by atoms with Crippen LogP contribution in [0.2, 0.25) is 0 Å². The monoisotopic (exact) mass is 240 g/mol. The van der Waals surface area contributed by atoms with Gasteiger partial charge in [-0.1, -0.05) is 6.07 Å². The summed E-state index contributed by atoms with van der Waals surface area (Å²) >= 11 is 0. The summed E-state index contributed by atoms with van der Waals surface area (Å²) < 4.78 is 18.3. The van der Waals surface area contributed by atoms with Crippen LogP contribution in [-0.4, -0.2) is 26.2 Å². The molecule has 0 saturated carbocycles. The van der Waals surface area contributed by atoms with Crippen molar-refractivity contribution >= 4 is 11.6 Å². The predicted molar refractivity (Wildman–Crippen MR) is 66.3 cm³/mol. The molecule has 0 amide bonds. The maximum absolute atomic E-state index is 13.4. The summed E-state index contributed by atoms with van der Waals surface area (Å²) in [6, 6.07) is 4.76. The lowest BCUT2D eigenvalue weighted by molar-refractivity contribution is 0.208. The van der Waals surface area contributed by atoms with Crippen LogP contribution in [-0.2, 0) is 4.74 Å². The van der Waals surface area contributed by atoms with E-state index in [4.69, 9.17) is 10.6 Å². The molecule has 0 aliphatic heterocycles. The Morgan fingerprint density at radius 2 is 2.29 bits per heavy atom. The fourth-order valence-electron chi connectivity index (χ4n) is 1.23. The van der Waals surface area contributed by atoms with Gasteiger partial charge in [-0.2, -0.15) is 0 Å². The van der Waals surface area contributed by atoms with Crippen molar-refractivity contribution in [3.63, 3.8) is 0 Å². The van der Waals surface area contributed by atoms with Gasteiger partial charge in [-0.05, 0) is 24.6 Å². The molecular formula is C11H17FN4O. The second-order valence-corrected chi connectivity index (χ2v) is 3.48. The summed E-state index contributed by atoms with van der Waals surface area (Å²) in [7, 11) is 1.58. The van der Waals surface area contributed by atoms with Gasteiger partial charge >= 0.3 is 0 Å². The van der Waals surface area contributed by atoms with Gasteiger partial charge < -0.3 is 10.1 Å². The molecule has 0 spiro atoms. The van der Waals surface area contributed by atoms with Gasteiger partial charge in [-0.25, -0.2) is 15.2 Å². The molecule has 5 nitrogen and oxygen atoms in total. The fourth-order valence-corrected chi connectivity index (χ4v) is 1.23. The predicted octanol–water partition coefficient (Wildman–Crippen LogP) is 1.01. The van der Waals surface area contributed by atoms with Crippen molar-refractivity contribution in [3.05, 3.63) is 29.6 Å². The largest absolute Gasteiger partial charge is 0.383 e. The summed E-state index contributed by atoms with van der Waals surface area (Å²) in [5, 5.41) is 2.78. The van der Waals surface area contributed by atoms with Crippen LogP contribution in [0.15, 0.2) is 23.2 Å². The first kappa shape index (κ1) is 13.4. The van der Waals surface area contributed by atoms with Gasteiger partial charge in [0.25, 0.3) is 0 Å². The van der Waals surface area contributed by atoms with Gasteiger partial charge in [0, 0.05) is 7.11 Å². The molecule has 1 aromatic rings. The van der Waals surface area contributed by atoms with Crippen LogP contribution in [0.1, 0.15) is 5.56 Å². The lowest BCUT2D eigenvalue weighted by atomic mass is 10.2. The Kier molecular flexibility index (Phi) is 5.38. The van der Waals surface area contributed by atoms with E-state index in [1.54, 1.807) is 19.2 Å². The number of benzene rings is 1. The van der Waals surface area contributed by atoms with Gasteiger partial charge in [0.1, 0.15) is 5.82 Å². The lowest BCUT2D eigenvalue weighted by Crippen LogP contribution is -2.36. The van der Waals surface area contributed by atoms with Crippen LogP contribution < -0.4 is 16.6 Å². The van der Waals surface area contributed by atoms with E-state index in [1.807, 2.05) is 6.92 Å². The topological polar surface area (TPSA) is 71.7 Å². The molecule has 0 aliphatic carbocycles.